The van der Waals surface area contributed by atoms with Gasteiger partial charge in [-0.25, -0.2) is 0 Å². The summed E-state index contributed by atoms with van der Waals surface area (Å²) in [5, 5.41) is 10.6. The van der Waals surface area contributed by atoms with Crippen molar-refractivity contribution in [2.75, 3.05) is 7.05 Å². The number of aryl methyl sites for hydroxylation is 1. The van der Waals surface area contributed by atoms with Gasteiger partial charge in [-0.05, 0) is 26.8 Å². The Morgan fingerprint density at radius 1 is 1.40 bits per heavy atom. The Morgan fingerprint density at radius 2 is 2.10 bits per heavy atom. The third kappa shape index (κ3) is 3.39. The molecule has 1 aromatic heterocycles. The number of aromatic nitrogens is 2. The Morgan fingerprint density at radius 3 is 2.65 bits per heavy atom. The molecule has 20 heavy (non-hydrogen) atoms. The average molecular weight is 278 g/mol. The topological polar surface area (TPSA) is 59.0 Å². The first-order valence-corrected chi connectivity index (χ1v) is 7.49. The number of rotatable bonds is 5. The van der Waals surface area contributed by atoms with Crippen molar-refractivity contribution in [1.29, 1.82) is 0 Å². The molecule has 0 spiro atoms. The maximum atomic E-state index is 12.2. The van der Waals surface area contributed by atoms with Crippen molar-refractivity contribution in [3.05, 3.63) is 17.5 Å². The standard InChI is InChI=1S/C15H26N4O/c1-12-13(11-18-19(12)3)10-17-14(20)9-15(16-2)7-5-4-6-8-15/h11,16H,4-10H2,1-3H3,(H,17,20). The van der Waals surface area contributed by atoms with Crippen molar-refractivity contribution in [1.82, 2.24) is 20.4 Å². The van der Waals surface area contributed by atoms with Crippen LogP contribution in [-0.4, -0.2) is 28.3 Å². The van der Waals surface area contributed by atoms with E-state index in [0.29, 0.717) is 13.0 Å². The number of nitrogens with one attached hydrogen (secondary N) is 2. The van der Waals surface area contributed by atoms with Crippen LogP contribution in [0.2, 0.25) is 0 Å². The molecular formula is C15H26N4O. The molecule has 1 fully saturated rings. The van der Waals surface area contributed by atoms with Crippen LogP contribution in [0.4, 0.5) is 0 Å². The highest BCUT2D eigenvalue weighted by Gasteiger charge is 2.32. The van der Waals surface area contributed by atoms with E-state index in [4.69, 9.17) is 0 Å². The number of hydrogen-bond donors (Lipinski definition) is 2. The Balaban J connectivity index is 1.87. The van der Waals surface area contributed by atoms with Crippen LogP contribution >= 0.6 is 0 Å². The molecule has 1 aliphatic rings. The highest BCUT2D eigenvalue weighted by Crippen LogP contribution is 2.30. The Kier molecular flexibility index (Phi) is 4.81. The highest BCUT2D eigenvalue weighted by atomic mass is 16.1. The monoisotopic (exact) mass is 278 g/mol. The highest BCUT2D eigenvalue weighted by molar-refractivity contribution is 5.77. The lowest BCUT2D eigenvalue weighted by Crippen LogP contribution is -2.48. The van der Waals surface area contributed by atoms with E-state index in [1.165, 1.54) is 19.3 Å². The van der Waals surface area contributed by atoms with Crippen LogP contribution in [0.5, 0.6) is 0 Å². The normalized spacial score (nSPS) is 17.9. The zero-order valence-electron chi connectivity index (χ0n) is 12.8. The largest absolute Gasteiger partial charge is 0.352 e. The van der Waals surface area contributed by atoms with Crippen LogP contribution < -0.4 is 10.6 Å². The molecule has 0 aromatic carbocycles. The quantitative estimate of drug-likeness (QED) is 0.861. The van der Waals surface area contributed by atoms with Gasteiger partial charge in [0, 0.05) is 36.8 Å². The summed E-state index contributed by atoms with van der Waals surface area (Å²) >= 11 is 0. The molecule has 5 heteroatoms. The zero-order valence-corrected chi connectivity index (χ0v) is 12.8. The molecule has 2 N–H and O–H groups in total. The minimum Gasteiger partial charge on any atom is -0.352 e. The van der Waals surface area contributed by atoms with Crippen molar-refractivity contribution >= 4 is 5.91 Å². The van der Waals surface area contributed by atoms with Crippen molar-refractivity contribution in [2.24, 2.45) is 7.05 Å². The Hall–Kier alpha value is -1.36. The third-order valence-electron chi connectivity index (χ3n) is 4.65. The first kappa shape index (κ1) is 15.0. The first-order chi connectivity index (χ1) is 9.56. The molecule has 1 aliphatic carbocycles. The molecule has 0 saturated heterocycles. The van der Waals surface area contributed by atoms with Gasteiger partial charge in [-0.1, -0.05) is 19.3 Å². The van der Waals surface area contributed by atoms with Crippen molar-refractivity contribution in [3.63, 3.8) is 0 Å². The summed E-state index contributed by atoms with van der Waals surface area (Å²) < 4.78 is 1.83. The van der Waals surface area contributed by atoms with Gasteiger partial charge in [0.15, 0.2) is 0 Å². The molecule has 0 bridgehead atoms. The fourth-order valence-corrected chi connectivity index (χ4v) is 3.03. The fraction of sp³-hybridized carbons (Fsp3) is 0.733. The second kappa shape index (κ2) is 6.39. The molecule has 0 radical (unpaired) electrons. The summed E-state index contributed by atoms with van der Waals surface area (Å²) in [5.41, 5.74) is 2.20. The van der Waals surface area contributed by atoms with Crippen LogP contribution in [-0.2, 0) is 18.4 Å². The second-order valence-corrected chi connectivity index (χ2v) is 5.92. The van der Waals surface area contributed by atoms with E-state index in [2.05, 4.69) is 15.7 Å². The molecule has 1 aromatic rings. The number of hydrogen-bond acceptors (Lipinski definition) is 3. The molecule has 1 amide bonds. The number of nitrogens with zero attached hydrogens (tertiary/aromatic N) is 2. The van der Waals surface area contributed by atoms with E-state index in [1.54, 1.807) is 0 Å². The summed E-state index contributed by atoms with van der Waals surface area (Å²) in [6.45, 7) is 2.59. The predicted molar refractivity (Wildman–Crippen MR) is 79.3 cm³/mol. The summed E-state index contributed by atoms with van der Waals surface area (Å²) in [4.78, 5) is 12.2. The molecule has 112 valence electrons. The summed E-state index contributed by atoms with van der Waals surface area (Å²) in [6, 6.07) is 0. The van der Waals surface area contributed by atoms with Gasteiger partial charge in [-0.15, -0.1) is 0 Å². The van der Waals surface area contributed by atoms with Crippen molar-refractivity contribution < 1.29 is 4.79 Å². The first-order valence-electron chi connectivity index (χ1n) is 7.49. The van der Waals surface area contributed by atoms with E-state index < -0.39 is 0 Å². The van der Waals surface area contributed by atoms with Crippen LogP contribution in [0.1, 0.15) is 49.8 Å². The third-order valence-corrected chi connectivity index (χ3v) is 4.65. The average Bonchev–Trinajstić information content (AvgIpc) is 2.77. The zero-order chi connectivity index (χ0) is 14.6. The molecule has 0 atom stereocenters. The second-order valence-electron chi connectivity index (χ2n) is 5.92. The van der Waals surface area contributed by atoms with Gasteiger partial charge in [-0.3, -0.25) is 9.48 Å². The van der Waals surface area contributed by atoms with Crippen LogP contribution in [0.25, 0.3) is 0 Å². The lowest BCUT2D eigenvalue weighted by atomic mass is 9.79. The van der Waals surface area contributed by atoms with Crippen molar-refractivity contribution in [2.45, 2.75) is 57.5 Å². The minimum absolute atomic E-state index is 0.00627. The SMILES string of the molecule is CNC1(CC(=O)NCc2cnn(C)c2C)CCCCC1. The van der Waals surface area contributed by atoms with E-state index in [0.717, 1.165) is 24.1 Å². The van der Waals surface area contributed by atoms with Gasteiger partial charge in [0.1, 0.15) is 0 Å². The maximum Gasteiger partial charge on any atom is 0.222 e. The van der Waals surface area contributed by atoms with Gasteiger partial charge >= 0.3 is 0 Å². The van der Waals surface area contributed by atoms with Crippen LogP contribution in [0.3, 0.4) is 0 Å². The molecule has 1 saturated carbocycles. The van der Waals surface area contributed by atoms with E-state index in [-0.39, 0.29) is 11.4 Å². The minimum atomic E-state index is 0.00627. The van der Waals surface area contributed by atoms with Gasteiger partial charge in [0.25, 0.3) is 0 Å². The maximum absolute atomic E-state index is 12.2. The van der Waals surface area contributed by atoms with Crippen molar-refractivity contribution in [3.8, 4) is 0 Å². The smallest absolute Gasteiger partial charge is 0.222 e. The Labute approximate surface area is 121 Å². The molecular weight excluding hydrogens is 252 g/mol. The molecule has 5 nitrogen and oxygen atoms in total. The lowest BCUT2D eigenvalue weighted by Gasteiger charge is -2.36. The summed E-state index contributed by atoms with van der Waals surface area (Å²) in [7, 11) is 3.89. The van der Waals surface area contributed by atoms with Crippen LogP contribution in [0.15, 0.2) is 6.20 Å². The molecule has 2 rings (SSSR count). The number of amides is 1. The van der Waals surface area contributed by atoms with Gasteiger partial charge in [-0.2, -0.15) is 5.10 Å². The Bertz CT molecular complexity index is 460. The fourth-order valence-electron chi connectivity index (χ4n) is 3.03. The van der Waals surface area contributed by atoms with Gasteiger partial charge in [0.05, 0.1) is 6.20 Å². The molecule has 0 unspecified atom stereocenters. The number of carbonyl (C=O) groups excluding carboxylic acids is 1. The number of carbonyl (C=O) groups is 1. The van der Waals surface area contributed by atoms with E-state index in [1.807, 2.05) is 31.9 Å². The summed E-state index contributed by atoms with van der Waals surface area (Å²) in [6.07, 6.45) is 8.32. The predicted octanol–water partition coefficient (Wildman–Crippen LogP) is 1.66. The molecule has 1 heterocycles. The van der Waals surface area contributed by atoms with E-state index in [9.17, 15) is 4.79 Å². The van der Waals surface area contributed by atoms with Gasteiger partial charge in [0.2, 0.25) is 5.91 Å². The molecule has 0 aliphatic heterocycles. The summed E-state index contributed by atoms with van der Waals surface area (Å²) in [5.74, 6) is 0.129. The van der Waals surface area contributed by atoms with Gasteiger partial charge < -0.3 is 10.6 Å². The van der Waals surface area contributed by atoms with Crippen LogP contribution in [0, 0.1) is 6.92 Å². The lowest BCUT2D eigenvalue weighted by molar-refractivity contribution is -0.123. The van der Waals surface area contributed by atoms with E-state index >= 15 is 0 Å².